The van der Waals surface area contributed by atoms with E-state index in [0.29, 0.717) is 18.3 Å². The first-order valence-electron chi connectivity index (χ1n) is 7.35. The molecule has 5 heteroatoms. The molecule has 1 aliphatic rings. The van der Waals surface area contributed by atoms with Crippen molar-refractivity contribution in [3.05, 3.63) is 24.0 Å². The van der Waals surface area contributed by atoms with Gasteiger partial charge in [0.1, 0.15) is 5.69 Å². The van der Waals surface area contributed by atoms with Crippen LogP contribution in [0.1, 0.15) is 43.6 Å². The van der Waals surface area contributed by atoms with Crippen LogP contribution in [0.4, 0.5) is 5.69 Å². The minimum atomic E-state index is -0.109. The predicted molar refractivity (Wildman–Crippen MR) is 85.4 cm³/mol. The Bertz CT molecular complexity index is 452. The van der Waals surface area contributed by atoms with Crippen molar-refractivity contribution in [3.63, 3.8) is 0 Å². The topological polar surface area (TPSA) is 54.0 Å². The molecule has 1 aromatic heterocycles. The fraction of sp³-hybridized carbons (Fsp3) is 0.600. The van der Waals surface area contributed by atoms with E-state index in [9.17, 15) is 4.79 Å². The minimum absolute atomic E-state index is 0.109. The molecule has 1 fully saturated rings. The highest BCUT2D eigenvalue weighted by Gasteiger charge is 2.24. The van der Waals surface area contributed by atoms with Crippen molar-refractivity contribution in [2.24, 2.45) is 0 Å². The Labute approximate surface area is 125 Å². The number of aromatic nitrogens is 1. The average Bonchev–Trinajstić information content (AvgIpc) is 2.87. The first kappa shape index (κ1) is 15.2. The van der Waals surface area contributed by atoms with Crippen molar-refractivity contribution >= 4 is 23.4 Å². The van der Waals surface area contributed by atoms with Gasteiger partial charge in [-0.2, -0.15) is 11.8 Å². The Balaban J connectivity index is 1.93. The number of nitrogens with one attached hydrogen (secondary N) is 2. The molecule has 1 heterocycles. The molecule has 1 aromatic rings. The molecule has 1 aliphatic carbocycles. The maximum Gasteiger partial charge on any atom is 0.269 e. The molecule has 1 saturated carbocycles. The molecule has 110 valence electrons. The Morgan fingerprint density at radius 1 is 1.45 bits per heavy atom. The summed E-state index contributed by atoms with van der Waals surface area (Å²) >= 11 is 2.05. The molecule has 0 aromatic carbocycles. The predicted octanol–water partition coefficient (Wildman–Crippen LogP) is 2.92. The number of carbonyl (C=O) groups excluding carboxylic acids is 1. The van der Waals surface area contributed by atoms with Gasteiger partial charge in [0.2, 0.25) is 0 Å². The first-order chi connectivity index (χ1) is 9.72. The van der Waals surface area contributed by atoms with Gasteiger partial charge in [-0.3, -0.25) is 9.78 Å². The normalized spacial score (nSPS) is 21.7. The van der Waals surface area contributed by atoms with Crippen molar-refractivity contribution < 1.29 is 4.79 Å². The van der Waals surface area contributed by atoms with Gasteiger partial charge >= 0.3 is 0 Å². The van der Waals surface area contributed by atoms with Crippen molar-refractivity contribution in [1.82, 2.24) is 10.3 Å². The molecule has 0 radical (unpaired) electrons. The monoisotopic (exact) mass is 293 g/mol. The molecule has 4 nitrogen and oxygen atoms in total. The molecule has 20 heavy (non-hydrogen) atoms. The second kappa shape index (κ2) is 7.53. The van der Waals surface area contributed by atoms with E-state index >= 15 is 0 Å². The largest absolute Gasteiger partial charge is 0.382 e. The van der Waals surface area contributed by atoms with E-state index in [1.165, 1.54) is 25.0 Å². The van der Waals surface area contributed by atoms with Gasteiger partial charge in [0.05, 0.1) is 0 Å². The number of nitrogens with zero attached hydrogens (tertiary/aromatic N) is 1. The number of carbonyl (C=O) groups is 1. The summed E-state index contributed by atoms with van der Waals surface area (Å²) in [5, 5.41) is 7.09. The number of anilines is 1. The summed E-state index contributed by atoms with van der Waals surface area (Å²) in [4.78, 5) is 15.9. The van der Waals surface area contributed by atoms with E-state index in [2.05, 4.69) is 34.3 Å². The zero-order valence-corrected chi connectivity index (χ0v) is 13.0. The van der Waals surface area contributed by atoms with Crippen LogP contribution in [0, 0.1) is 0 Å². The molecule has 2 rings (SSSR count). The van der Waals surface area contributed by atoms with E-state index in [1.54, 1.807) is 6.20 Å². The minimum Gasteiger partial charge on any atom is -0.382 e. The Kier molecular flexibility index (Phi) is 5.71. The van der Waals surface area contributed by atoms with Crippen molar-refractivity contribution in [2.45, 2.75) is 44.4 Å². The van der Waals surface area contributed by atoms with Gasteiger partial charge in [-0.05, 0) is 44.1 Å². The summed E-state index contributed by atoms with van der Waals surface area (Å²) in [6, 6.07) is 4.29. The van der Waals surface area contributed by atoms with Gasteiger partial charge in [-0.15, -0.1) is 0 Å². The van der Waals surface area contributed by atoms with Crippen LogP contribution in [-0.4, -0.2) is 34.5 Å². The number of hydrogen-bond acceptors (Lipinski definition) is 4. The SMILES string of the molecule is CCNC(=O)c1cc(NC2CCC(SCC)C2)ccn1. The average molecular weight is 293 g/mol. The van der Waals surface area contributed by atoms with Crippen molar-refractivity contribution in [1.29, 1.82) is 0 Å². The molecule has 0 saturated heterocycles. The van der Waals surface area contributed by atoms with E-state index in [1.807, 2.05) is 19.1 Å². The summed E-state index contributed by atoms with van der Waals surface area (Å²) < 4.78 is 0. The quantitative estimate of drug-likeness (QED) is 0.847. The number of hydrogen-bond donors (Lipinski definition) is 2. The zero-order chi connectivity index (χ0) is 14.4. The van der Waals surface area contributed by atoms with Gasteiger partial charge in [-0.1, -0.05) is 6.92 Å². The van der Waals surface area contributed by atoms with Gasteiger partial charge < -0.3 is 10.6 Å². The highest BCUT2D eigenvalue weighted by Crippen LogP contribution is 2.31. The molecule has 0 aliphatic heterocycles. The highest BCUT2D eigenvalue weighted by molar-refractivity contribution is 7.99. The van der Waals surface area contributed by atoms with Gasteiger partial charge in [0.25, 0.3) is 5.91 Å². The maximum atomic E-state index is 11.8. The molecule has 1 amide bonds. The second-order valence-electron chi connectivity index (χ2n) is 5.02. The first-order valence-corrected chi connectivity index (χ1v) is 8.40. The Morgan fingerprint density at radius 2 is 2.30 bits per heavy atom. The Morgan fingerprint density at radius 3 is 3.05 bits per heavy atom. The second-order valence-corrected chi connectivity index (χ2v) is 6.60. The zero-order valence-electron chi connectivity index (χ0n) is 12.2. The van der Waals surface area contributed by atoms with Gasteiger partial charge in [0.15, 0.2) is 0 Å². The van der Waals surface area contributed by atoms with Gasteiger partial charge in [-0.25, -0.2) is 0 Å². The summed E-state index contributed by atoms with van der Waals surface area (Å²) in [6.45, 7) is 4.74. The van der Waals surface area contributed by atoms with Crippen LogP contribution >= 0.6 is 11.8 Å². The maximum absolute atomic E-state index is 11.8. The number of thioether (sulfide) groups is 1. The molecular weight excluding hydrogens is 270 g/mol. The van der Waals surface area contributed by atoms with Crippen LogP contribution in [0.2, 0.25) is 0 Å². The molecule has 0 bridgehead atoms. The lowest BCUT2D eigenvalue weighted by molar-refractivity contribution is 0.0951. The summed E-state index contributed by atoms with van der Waals surface area (Å²) in [5.74, 6) is 1.08. The lowest BCUT2D eigenvalue weighted by atomic mass is 10.2. The van der Waals surface area contributed by atoms with E-state index < -0.39 is 0 Å². The van der Waals surface area contributed by atoms with E-state index in [-0.39, 0.29) is 5.91 Å². The third-order valence-electron chi connectivity index (χ3n) is 3.49. The summed E-state index contributed by atoms with van der Waals surface area (Å²) in [6.07, 6.45) is 5.39. The molecule has 2 unspecified atom stereocenters. The van der Waals surface area contributed by atoms with E-state index in [4.69, 9.17) is 0 Å². The fourth-order valence-corrected chi connectivity index (χ4v) is 3.73. The third kappa shape index (κ3) is 4.13. The van der Waals surface area contributed by atoms with Crippen LogP contribution in [0.15, 0.2) is 18.3 Å². The van der Waals surface area contributed by atoms with Crippen molar-refractivity contribution in [2.75, 3.05) is 17.6 Å². The number of amides is 1. The molecule has 2 atom stereocenters. The third-order valence-corrected chi connectivity index (χ3v) is 4.72. The number of rotatable bonds is 6. The molecular formula is C15H23N3OS. The standard InChI is InChI=1S/C15H23N3OS/c1-3-16-15(19)14-10-12(7-8-17-14)18-11-5-6-13(9-11)20-4-2/h7-8,10-11,13H,3-6,9H2,1-2H3,(H,16,19)(H,17,18). The van der Waals surface area contributed by atoms with Crippen LogP contribution in [0.3, 0.4) is 0 Å². The van der Waals surface area contributed by atoms with Crippen LogP contribution in [0.5, 0.6) is 0 Å². The lowest BCUT2D eigenvalue weighted by Crippen LogP contribution is -2.24. The van der Waals surface area contributed by atoms with Crippen LogP contribution in [0.25, 0.3) is 0 Å². The summed E-state index contributed by atoms with van der Waals surface area (Å²) in [5.41, 5.74) is 1.47. The van der Waals surface area contributed by atoms with E-state index in [0.717, 1.165) is 10.9 Å². The van der Waals surface area contributed by atoms with Crippen LogP contribution < -0.4 is 10.6 Å². The molecule has 0 spiro atoms. The Hall–Kier alpha value is -1.23. The fourth-order valence-electron chi connectivity index (χ4n) is 2.59. The van der Waals surface area contributed by atoms with Crippen molar-refractivity contribution in [3.8, 4) is 0 Å². The lowest BCUT2D eigenvalue weighted by Gasteiger charge is -2.15. The van der Waals surface area contributed by atoms with Gasteiger partial charge in [0, 0.05) is 29.7 Å². The van der Waals surface area contributed by atoms with Crippen LogP contribution in [-0.2, 0) is 0 Å². The summed E-state index contributed by atoms with van der Waals surface area (Å²) in [7, 11) is 0. The highest BCUT2D eigenvalue weighted by atomic mass is 32.2. The number of pyridine rings is 1. The molecule has 2 N–H and O–H groups in total. The smallest absolute Gasteiger partial charge is 0.269 e.